The molecule has 3 N–H and O–H groups in total. The van der Waals surface area contributed by atoms with E-state index in [2.05, 4.69) is 17.6 Å². The molecule has 3 amide bonds. The highest BCUT2D eigenvalue weighted by Crippen LogP contribution is 2.05. The Morgan fingerprint density at radius 1 is 1.16 bits per heavy atom. The van der Waals surface area contributed by atoms with E-state index < -0.39 is 11.9 Å². The van der Waals surface area contributed by atoms with Gasteiger partial charge < -0.3 is 20.6 Å². The molecule has 0 aliphatic rings. The second-order valence-electron chi connectivity index (χ2n) is 6.08. The molecule has 1 rings (SSSR count). The van der Waals surface area contributed by atoms with Gasteiger partial charge in [-0.25, -0.2) is 4.79 Å². The van der Waals surface area contributed by atoms with Crippen LogP contribution in [-0.2, 0) is 11.3 Å². The van der Waals surface area contributed by atoms with Gasteiger partial charge in [0.25, 0.3) is 5.91 Å². The smallest absolute Gasteiger partial charge is 0.317 e. The lowest BCUT2D eigenvalue weighted by molar-refractivity contribution is -0.141. The molecule has 25 heavy (non-hydrogen) atoms. The Balaban J connectivity index is 2.46. The average molecular weight is 349 g/mol. The van der Waals surface area contributed by atoms with Crippen LogP contribution in [0.15, 0.2) is 24.3 Å². The third-order valence-electron chi connectivity index (χ3n) is 3.79. The summed E-state index contributed by atoms with van der Waals surface area (Å²) in [4.78, 5) is 36.0. The molecule has 0 aliphatic carbocycles. The van der Waals surface area contributed by atoms with Gasteiger partial charge in [0.05, 0.1) is 5.92 Å². The molecule has 0 bridgehead atoms. The molecule has 7 heteroatoms. The van der Waals surface area contributed by atoms with Crippen LogP contribution in [0.3, 0.4) is 0 Å². The van der Waals surface area contributed by atoms with E-state index in [1.807, 2.05) is 0 Å². The summed E-state index contributed by atoms with van der Waals surface area (Å²) in [7, 11) is 1.55. The Morgan fingerprint density at radius 2 is 1.80 bits per heavy atom. The number of hydrogen-bond acceptors (Lipinski definition) is 3. The molecule has 0 aromatic heterocycles. The Bertz CT molecular complexity index is 586. The third-order valence-corrected chi connectivity index (χ3v) is 3.79. The van der Waals surface area contributed by atoms with Crippen LogP contribution in [0.4, 0.5) is 4.79 Å². The number of benzene rings is 1. The summed E-state index contributed by atoms with van der Waals surface area (Å²) >= 11 is 0. The van der Waals surface area contributed by atoms with Gasteiger partial charge in [-0.2, -0.15) is 0 Å². The Kier molecular flexibility index (Phi) is 8.46. The summed E-state index contributed by atoms with van der Waals surface area (Å²) < 4.78 is 0. The normalized spacial score (nSPS) is 11.5. The lowest BCUT2D eigenvalue weighted by Crippen LogP contribution is -2.40. The third kappa shape index (κ3) is 7.24. The fourth-order valence-electron chi connectivity index (χ4n) is 2.14. The lowest BCUT2D eigenvalue weighted by Gasteiger charge is -2.20. The van der Waals surface area contributed by atoms with Crippen molar-refractivity contribution in [3.05, 3.63) is 35.4 Å². The maximum Gasteiger partial charge on any atom is 0.317 e. The minimum Gasteiger partial charge on any atom is -0.481 e. The maximum atomic E-state index is 12.0. The molecule has 7 nitrogen and oxygen atoms in total. The van der Waals surface area contributed by atoms with Gasteiger partial charge in [-0.3, -0.25) is 9.59 Å². The number of hydrogen-bond donors (Lipinski definition) is 3. The van der Waals surface area contributed by atoms with Crippen LogP contribution in [0.5, 0.6) is 0 Å². The topological polar surface area (TPSA) is 98.7 Å². The first-order valence-corrected chi connectivity index (χ1v) is 8.44. The second kappa shape index (κ2) is 10.3. The molecule has 138 valence electrons. The summed E-state index contributed by atoms with van der Waals surface area (Å²) in [5.41, 5.74) is 1.44. The van der Waals surface area contributed by atoms with Crippen LogP contribution in [-0.4, -0.2) is 48.1 Å². The lowest BCUT2D eigenvalue weighted by atomic mass is 10.1. The minimum atomic E-state index is -0.938. The average Bonchev–Trinajstić information content (AvgIpc) is 2.59. The van der Waals surface area contributed by atoms with Gasteiger partial charge in [-0.15, -0.1) is 0 Å². The number of carbonyl (C=O) groups is 3. The van der Waals surface area contributed by atoms with Gasteiger partial charge in [0.2, 0.25) is 0 Å². The van der Waals surface area contributed by atoms with E-state index in [-0.39, 0.29) is 18.5 Å². The number of unbranched alkanes of at least 4 members (excludes halogenated alkanes) is 1. The van der Waals surface area contributed by atoms with Gasteiger partial charge in [-0.1, -0.05) is 32.4 Å². The summed E-state index contributed by atoms with van der Waals surface area (Å²) in [5.74, 6) is -1.67. The number of carboxylic acid groups (broad SMARTS) is 1. The molecular weight excluding hydrogens is 322 g/mol. The van der Waals surface area contributed by atoms with Crippen LogP contribution in [0.25, 0.3) is 0 Å². The van der Waals surface area contributed by atoms with E-state index >= 15 is 0 Å². The molecule has 0 spiro atoms. The van der Waals surface area contributed by atoms with E-state index in [0.29, 0.717) is 18.7 Å². The molecule has 0 fully saturated rings. The van der Waals surface area contributed by atoms with E-state index in [1.165, 1.54) is 4.90 Å². The number of aliphatic carboxylic acids is 1. The monoisotopic (exact) mass is 349 g/mol. The Labute approximate surface area is 148 Å². The zero-order chi connectivity index (χ0) is 18.8. The van der Waals surface area contributed by atoms with Crippen molar-refractivity contribution in [2.24, 2.45) is 5.92 Å². The number of nitrogens with zero attached hydrogens (tertiary/aromatic N) is 1. The highest BCUT2D eigenvalue weighted by Gasteiger charge is 2.17. The molecule has 0 saturated carbocycles. The number of urea groups is 1. The van der Waals surface area contributed by atoms with Gasteiger partial charge in [0, 0.05) is 32.2 Å². The highest BCUT2D eigenvalue weighted by molar-refractivity contribution is 5.94. The number of carbonyl (C=O) groups excluding carboxylic acids is 2. The number of amides is 3. The Hall–Kier alpha value is -2.57. The van der Waals surface area contributed by atoms with Crippen molar-refractivity contribution in [3.63, 3.8) is 0 Å². The van der Waals surface area contributed by atoms with Crippen molar-refractivity contribution in [2.45, 2.75) is 33.2 Å². The van der Waals surface area contributed by atoms with Crippen molar-refractivity contribution in [2.75, 3.05) is 20.1 Å². The van der Waals surface area contributed by atoms with Crippen LogP contribution >= 0.6 is 0 Å². The molecule has 1 aromatic carbocycles. The number of rotatable bonds is 9. The predicted octanol–water partition coefficient (Wildman–Crippen LogP) is 2.08. The first-order valence-electron chi connectivity index (χ1n) is 8.44. The first kappa shape index (κ1) is 20.5. The van der Waals surface area contributed by atoms with Gasteiger partial charge >= 0.3 is 12.0 Å². The summed E-state index contributed by atoms with van der Waals surface area (Å²) in [6.45, 7) is 4.72. The van der Waals surface area contributed by atoms with E-state index in [4.69, 9.17) is 5.11 Å². The molecule has 0 aliphatic heterocycles. The summed E-state index contributed by atoms with van der Waals surface area (Å²) in [6.07, 6.45) is 1.97. The molecule has 1 atom stereocenters. The largest absolute Gasteiger partial charge is 0.481 e. The van der Waals surface area contributed by atoms with Crippen molar-refractivity contribution in [3.8, 4) is 0 Å². The molecule has 0 radical (unpaired) electrons. The zero-order valence-electron chi connectivity index (χ0n) is 15.0. The van der Waals surface area contributed by atoms with Crippen LogP contribution in [0.2, 0.25) is 0 Å². The molecule has 1 aromatic rings. The number of carboxylic acids is 1. The van der Waals surface area contributed by atoms with Crippen LogP contribution in [0.1, 0.15) is 42.6 Å². The van der Waals surface area contributed by atoms with Crippen molar-refractivity contribution < 1.29 is 19.5 Å². The summed E-state index contributed by atoms with van der Waals surface area (Å²) in [5, 5.41) is 14.4. The van der Waals surface area contributed by atoms with E-state index in [0.717, 1.165) is 18.4 Å². The van der Waals surface area contributed by atoms with Crippen LogP contribution < -0.4 is 10.6 Å². The van der Waals surface area contributed by atoms with Gasteiger partial charge in [0.15, 0.2) is 0 Å². The highest BCUT2D eigenvalue weighted by atomic mass is 16.4. The zero-order valence-corrected chi connectivity index (χ0v) is 15.0. The minimum absolute atomic E-state index is 0.105. The van der Waals surface area contributed by atoms with Crippen molar-refractivity contribution >= 4 is 17.9 Å². The SMILES string of the molecule is CCCCNC(=O)c1ccc(CNC(=O)N(C)CC(C)C(=O)O)cc1. The fraction of sp³-hybridized carbons (Fsp3) is 0.500. The molecule has 0 saturated heterocycles. The standard InChI is InChI=1S/C18H27N3O4/c1-4-5-10-19-16(22)15-8-6-14(7-9-15)11-20-18(25)21(3)12-13(2)17(23)24/h6-9,13H,4-5,10-12H2,1-3H3,(H,19,22)(H,20,25)(H,23,24). The Morgan fingerprint density at radius 3 is 2.36 bits per heavy atom. The first-order chi connectivity index (χ1) is 11.8. The molecule has 1 unspecified atom stereocenters. The predicted molar refractivity (Wildman–Crippen MR) is 95.3 cm³/mol. The second-order valence-corrected chi connectivity index (χ2v) is 6.08. The fourth-order valence-corrected chi connectivity index (χ4v) is 2.14. The molecular formula is C18H27N3O4. The maximum absolute atomic E-state index is 12.0. The van der Waals surface area contributed by atoms with Crippen LogP contribution in [0, 0.1) is 5.92 Å². The van der Waals surface area contributed by atoms with Gasteiger partial charge in [0.1, 0.15) is 0 Å². The number of nitrogens with one attached hydrogen (secondary N) is 2. The van der Waals surface area contributed by atoms with Crippen molar-refractivity contribution in [1.82, 2.24) is 15.5 Å². The molecule has 0 heterocycles. The summed E-state index contributed by atoms with van der Waals surface area (Å²) in [6, 6.07) is 6.68. The quantitative estimate of drug-likeness (QED) is 0.594. The van der Waals surface area contributed by atoms with E-state index in [9.17, 15) is 14.4 Å². The van der Waals surface area contributed by atoms with Gasteiger partial charge in [-0.05, 0) is 24.1 Å². The van der Waals surface area contributed by atoms with E-state index in [1.54, 1.807) is 38.2 Å². The van der Waals surface area contributed by atoms with Crippen molar-refractivity contribution in [1.29, 1.82) is 0 Å².